The van der Waals surface area contributed by atoms with Crippen LogP contribution in [0.25, 0.3) is 0 Å². The van der Waals surface area contributed by atoms with E-state index in [2.05, 4.69) is 27.3 Å². The summed E-state index contributed by atoms with van der Waals surface area (Å²) in [4.78, 5) is 14.9. The van der Waals surface area contributed by atoms with Crippen LogP contribution in [0, 0.1) is 5.92 Å². The summed E-state index contributed by atoms with van der Waals surface area (Å²) in [5, 5.41) is 13.0. The van der Waals surface area contributed by atoms with Gasteiger partial charge >= 0.3 is 0 Å². The van der Waals surface area contributed by atoms with E-state index in [4.69, 9.17) is 0 Å². The first kappa shape index (κ1) is 14.0. The van der Waals surface area contributed by atoms with Crippen molar-refractivity contribution in [2.45, 2.75) is 19.8 Å². The molecule has 2 aromatic rings. The van der Waals surface area contributed by atoms with Crippen LogP contribution in [0.2, 0.25) is 0 Å². The number of hydrogen-bond donors (Lipinski definition) is 1. The van der Waals surface area contributed by atoms with Crippen LogP contribution >= 0.6 is 11.3 Å². The number of nitrogens with one attached hydrogen (secondary N) is 1. The topological polar surface area (TPSA) is 58.1 Å². The first-order chi connectivity index (χ1) is 10.2. The van der Waals surface area contributed by atoms with E-state index in [1.807, 2.05) is 23.6 Å². The van der Waals surface area contributed by atoms with Crippen molar-refractivity contribution in [3.8, 4) is 0 Å². The van der Waals surface area contributed by atoms with Crippen molar-refractivity contribution in [1.82, 2.24) is 10.2 Å². The number of rotatable bonds is 3. The minimum atomic E-state index is -0.140. The predicted molar refractivity (Wildman–Crippen MR) is 84.9 cm³/mol. The van der Waals surface area contributed by atoms with Gasteiger partial charge in [0.2, 0.25) is 0 Å². The number of piperidine rings is 1. The lowest BCUT2D eigenvalue weighted by Gasteiger charge is -2.31. The number of carbonyl (C=O) groups excluding carboxylic acids is 1. The number of amides is 1. The van der Waals surface area contributed by atoms with Crippen molar-refractivity contribution in [2.24, 2.45) is 5.92 Å². The molecular weight excluding hydrogens is 284 g/mol. The summed E-state index contributed by atoms with van der Waals surface area (Å²) in [6.45, 7) is 4.31. The lowest BCUT2D eigenvalue weighted by molar-refractivity contribution is 0.103. The molecule has 0 aromatic carbocycles. The summed E-state index contributed by atoms with van der Waals surface area (Å²) in [6, 6.07) is 7.38. The fourth-order valence-electron chi connectivity index (χ4n) is 2.54. The van der Waals surface area contributed by atoms with Crippen molar-refractivity contribution in [1.29, 1.82) is 0 Å². The number of thiophene rings is 1. The van der Waals surface area contributed by atoms with Crippen molar-refractivity contribution >= 4 is 28.9 Å². The normalized spacial score (nSPS) is 18.5. The number of carbonyl (C=O) groups is 1. The van der Waals surface area contributed by atoms with Gasteiger partial charge in [-0.3, -0.25) is 4.79 Å². The van der Waals surface area contributed by atoms with Gasteiger partial charge in [0.05, 0.1) is 4.88 Å². The molecule has 5 nitrogen and oxygen atoms in total. The zero-order valence-corrected chi connectivity index (χ0v) is 12.8. The summed E-state index contributed by atoms with van der Waals surface area (Å²) >= 11 is 1.41. The SMILES string of the molecule is CC1CCCN(c2ccc(NC(=O)c3cccs3)nn2)C1. The maximum atomic E-state index is 11.9. The molecule has 1 fully saturated rings. The fraction of sp³-hybridized carbons (Fsp3) is 0.400. The number of hydrogen-bond acceptors (Lipinski definition) is 5. The minimum absolute atomic E-state index is 0.140. The lowest BCUT2D eigenvalue weighted by Crippen LogP contribution is -2.34. The molecule has 0 saturated carbocycles. The molecule has 1 aliphatic rings. The molecule has 1 saturated heterocycles. The standard InChI is InChI=1S/C15H18N4OS/c1-11-4-2-8-19(10-11)14-7-6-13(17-18-14)16-15(20)12-5-3-9-21-12/h3,5-7,9,11H,2,4,8,10H2,1H3,(H,16,17,20). The van der Waals surface area contributed by atoms with Crippen LogP contribution in [0.15, 0.2) is 29.6 Å². The highest BCUT2D eigenvalue weighted by Gasteiger charge is 2.18. The van der Waals surface area contributed by atoms with E-state index in [9.17, 15) is 4.79 Å². The lowest BCUT2D eigenvalue weighted by atomic mass is 10.0. The monoisotopic (exact) mass is 302 g/mol. The molecule has 6 heteroatoms. The smallest absolute Gasteiger partial charge is 0.266 e. The second-order valence-corrected chi connectivity index (χ2v) is 6.35. The van der Waals surface area contributed by atoms with Gasteiger partial charge in [-0.25, -0.2) is 0 Å². The van der Waals surface area contributed by atoms with E-state index < -0.39 is 0 Å². The summed E-state index contributed by atoms with van der Waals surface area (Å²) < 4.78 is 0. The van der Waals surface area contributed by atoms with E-state index >= 15 is 0 Å². The molecule has 0 aliphatic carbocycles. The molecule has 3 rings (SSSR count). The molecule has 1 amide bonds. The molecule has 21 heavy (non-hydrogen) atoms. The van der Waals surface area contributed by atoms with E-state index in [1.165, 1.54) is 24.2 Å². The molecule has 0 spiro atoms. The van der Waals surface area contributed by atoms with Crippen LogP contribution in [0.4, 0.5) is 11.6 Å². The Morgan fingerprint density at radius 2 is 2.29 bits per heavy atom. The van der Waals surface area contributed by atoms with Gasteiger partial charge in [-0.1, -0.05) is 13.0 Å². The Labute approximate surface area is 128 Å². The van der Waals surface area contributed by atoms with Gasteiger partial charge in [-0.2, -0.15) is 0 Å². The Bertz CT molecular complexity index is 597. The van der Waals surface area contributed by atoms with Crippen LogP contribution in [0.3, 0.4) is 0 Å². The van der Waals surface area contributed by atoms with Gasteiger partial charge in [-0.15, -0.1) is 21.5 Å². The molecule has 1 N–H and O–H groups in total. The molecule has 2 aromatic heterocycles. The van der Waals surface area contributed by atoms with Gasteiger partial charge in [0, 0.05) is 13.1 Å². The van der Waals surface area contributed by atoms with E-state index in [1.54, 1.807) is 6.07 Å². The quantitative estimate of drug-likeness (QED) is 0.947. The minimum Gasteiger partial charge on any atom is -0.355 e. The number of anilines is 2. The Kier molecular flexibility index (Phi) is 4.15. The zero-order chi connectivity index (χ0) is 14.7. The van der Waals surface area contributed by atoms with E-state index in [0.29, 0.717) is 16.6 Å². The Balaban J connectivity index is 1.65. The first-order valence-corrected chi connectivity index (χ1v) is 8.04. The van der Waals surface area contributed by atoms with Crippen molar-refractivity contribution < 1.29 is 4.79 Å². The van der Waals surface area contributed by atoms with Crippen LogP contribution in [-0.2, 0) is 0 Å². The van der Waals surface area contributed by atoms with Crippen LogP contribution < -0.4 is 10.2 Å². The van der Waals surface area contributed by atoms with Gasteiger partial charge in [0.15, 0.2) is 11.6 Å². The van der Waals surface area contributed by atoms with Crippen molar-refractivity contribution in [3.63, 3.8) is 0 Å². The third-order valence-electron chi connectivity index (χ3n) is 3.62. The second kappa shape index (κ2) is 6.22. The molecule has 1 unspecified atom stereocenters. The molecule has 3 heterocycles. The van der Waals surface area contributed by atoms with Crippen molar-refractivity contribution in [2.75, 3.05) is 23.3 Å². The highest BCUT2D eigenvalue weighted by atomic mass is 32.1. The average Bonchev–Trinajstić information content (AvgIpc) is 3.02. The van der Waals surface area contributed by atoms with Crippen LogP contribution in [0.5, 0.6) is 0 Å². The van der Waals surface area contributed by atoms with Gasteiger partial charge in [0.1, 0.15) is 0 Å². The Morgan fingerprint density at radius 3 is 2.95 bits per heavy atom. The van der Waals surface area contributed by atoms with Crippen LogP contribution in [0.1, 0.15) is 29.4 Å². The summed E-state index contributed by atoms with van der Waals surface area (Å²) in [7, 11) is 0. The number of aromatic nitrogens is 2. The molecular formula is C15H18N4OS. The largest absolute Gasteiger partial charge is 0.355 e. The van der Waals surface area contributed by atoms with E-state index in [0.717, 1.165) is 18.9 Å². The highest BCUT2D eigenvalue weighted by Crippen LogP contribution is 2.21. The molecule has 1 aliphatic heterocycles. The van der Waals surface area contributed by atoms with Crippen molar-refractivity contribution in [3.05, 3.63) is 34.5 Å². The molecule has 0 radical (unpaired) electrons. The highest BCUT2D eigenvalue weighted by molar-refractivity contribution is 7.12. The third kappa shape index (κ3) is 3.39. The van der Waals surface area contributed by atoms with Gasteiger partial charge in [0.25, 0.3) is 5.91 Å². The average molecular weight is 302 g/mol. The maximum absolute atomic E-state index is 11.9. The molecule has 0 bridgehead atoms. The molecule has 1 atom stereocenters. The number of nitrogens with zero attached hydrogens (tertiary/aromatic N) is 3. The summed E-state index contributed by atoms with van der Waals surface area (Å²) in [6.07, 6.45) is 2.47. The first-order valence-electron chi connectivity index (χ1n) is 7.16. The fourth-order valence-corrected chi connectivity index (χ4v) is 3.16. The van der Waals surface area contributed by atoms with Crippen LogP contribution in [-0.4, -0.2) is 29.2 Å². The Morgan fingerprint density at radius 1 is 1.38 bits per heavy atom. The van der Waals surface area contributed by atoms with E-state index in [-0.39, 0.29) is 5.91 Å². The second-order valence-electron chi connectivity index (χ2n) is 5.40. The van der Waals surface area contributed by atoms with Gasteiger partial charge in [-0.05, 0) is 42.3 Å². The Hall–Kier alpha value is -1.95. The predicted octanol–water partition coefficient (Wildman–Crippen LogP) is 3.03. The summed E-state index contributed by atoms with van der Waals surface area (Å²) in [5.74, 6) is 1.93. The van der Waals surface area contributed by atoms with Gasteiger partial charge < -0.3 is 10.2 Å². The summed E-state index contributed by atoms with van der Waals surface area (Å²) in [5.41, 5.74) is 0. The zero-order valence-electron chi connectivity index (χ0n) is 12.0. The molecule has 110 valence electrons. The maximum Gasteiger partial charge on any atom is 0.266 e. The third-order valence-corrected chi connectivity index (χ3v) is 4.49.